The zero-order chi connectivity index (χ0) is 37.0. The van der Waals surface area contributed by atoms with Gasteiger partial charge in [0.05, 0.1) is 42.9 Å². The van der Waals surface area contributed by atoms with Gasteiger partial charge in [-0.3, -0.25) is 14.4 Å². The minimum Gasteiger partial charge on any atom is -0.490 e. The zero-order valence-corrected chi connectivity index (χ0v) is 28.9. The number of alkyl halides is 3. The van der Waals surface area contributed by atoms with E-state index in [-0.39, 0.29) is 73.0 Å². The van der Waals surface area contributed by atoms with E-state index in [4.69, 9.17) is 14.2 Å². The fourth-order valence-electron chi connectivity index (χ4n) is 7.35. The van der Waals surface area contributed by atoms with Crippen molar-refractivity contribution >= 4 is 23.4 Å². The Hall–Kier alpha value is -5.20. The van der Waals surface area contributed by atoms with Crippen molar-refractivity contribution in [3.63, 3.8) is 0 Å². The van der Waals surface area contributed by atoms with Crippen LogP contribution in [0.2, 0.25) is 0 Å². The maximum Gasteiger partial charge on any atom is 0.416 e. The lowest BCUT2D eigenvalue weighted by molar-refractivity contribution is -0.137. The van der Waals surface area contributed by atoms with Crippen LogP contribution >= 0.6 is 0 Å². The number of amides is 3. The van der Waals surface area contributed by atoms with Gasteiger partial charge in [-0.05, 0) is 84.8 Å². The van der Waals surface area contributed by atoms with Crippen LogP contribution in [0, 0.1) is 0 Å². The van der Waals surface area contributed by atoms with Crippen molar-refractivity contribution in [2.45, 2.75) is 69.2 Å². The quantitative estimate of drug-likeness (QED) is 0.179. The van der Waals surface area contributed by atoms with E-state index in [0.717, 1.165) is 42.7 Å². The highest BCUT2D eigenvalue weighted by molar-refractivity contribution is 6.05. The number of nitrogens with zero attached hydrogens (tertiary/aromatic N) is 1. The summed E-state index contributed by atoms with van der Waals surface area (Å²) in [5.74, 6) is -0.751. The van der Waals surface area contributed by atoms with E-state index < -0.39 is 23.8 Å². The number of carbonyl (C=O) groups excluding carboxylic acids is 3. The predicted octanol–water partition coefficient (Wildman–Crippen LogP) is 6.60. The number of hydrogen-bond acceptors (Lipinski definition) is 6. The monoisotopic (exact) mass is 727 g/mol. The van der Waals surface area contributed by atoms with Crippen molar-refractivity contribution in [3.8, 4) is 5.75 Å². The van der Waals surface area contributed by atoms with Gasteiger partial charge in [0.15, 0.2) is 0 Å². The summed E-state index contributed by atoms with van der Waals surface area (Å²) in [6.07, 6.45) is -2.45. The van der Waals surface area contributed by atoms with Gasteiger partial charge in [-0.15, -0.1) is 0 Å². The second kappa shape index (κ2) is 15.8. The van der Waals surface area contributed by atoms with Crippen molar-refractivity contribution in [1.29, 1.82) is 0 Å². The van der Waals surface area contributed by atoms with Crippen molar-refractivity contribution in [2.24, 2.45) is 0 Å². The van der Waals surface area contributed by atoms with Crippen LogP contribution in [0.4, 0.5) is 18.9 Å². The molecular weight excluding hydrogens is 687 g/mol. The summed E-state index contributed by atoms with van der Waals surface area (Å²) >= 11 is 0. The lowest BCUT2D eigenvalue weighted by atomic mass is 9.94. The Morgan fingerprint density at radius 3 is 2.32 bits per heavy atom. The predicted molar refractivity (Wildman–Crippen MR) is 191 cm³/mol. The number of carbonyl (C=O) groups is 3. The number of benzene rings is 4. The van der Waals surface area contributed by atoms with E-state index in [1.54, 1.807) is 17.0 Å². The second-order valence-electron chi connectivity index (χ2n) is 13.7. The normalized spacial score (nSPS) is 19.9. The Balaban J connectivity index is 1.04. The standard InChI is InChI=1S/C41H40F3N3O6/c42-41(43,44)30-12-10-27(11-13-30)39(49)46-31-14-17-36-34(22-31)40(50)47(18-19-51-24-26-6-2-1-3-7-26)35-16-15-33(53-37(35)25-52-36)23-38(48)45-32-20-28-8-4-5-9-29(28)21-32/h1-14,17,22,32-33,35,37H,15-16,18-21,23-25H2,(H,45,48)(H,46,49)/t33-,35-,37-/m0/s1. The van der Waals surface area contributed by atoms with Gasteiger partial charge >= 0.3 is 6.18 Å². The molecule has 7 rings (SSSR count). The molecule has 2 heterocycles. The number of rotatable bonds is 10. The molecule has 0 saturated carbocycles. The third-order valence-electron chi connectivity index (χ3n) is 10.0. The van der Waals surface area contributed by atoms with Crippen LogP contribution in [0.5, 0.6) is 5.75 Å². The molecule has 3 atom stereocenters. The van der Waals surface area contributed by atoms with Gasteiger partial charge in [-0.25, -0.2) is 0 Å². The number of hydrogen-bond donors (Lipinski definition) is 2. The van der Waals surface area contributed by atoms with Gasteiger partial charge in [0.1, 0.15) is 18.5 Å². The van der Waals surface area contributed by atoms with E-state index in [9.17, 15) is 27.6 Å². The van der Waals surface area contributed by atoms with Crippen LogP contribution in [-0.4, -0.2) is 66.7 Å². The summed E-state index contributed by atoms with van der Waals surface area (Å²) in [4.78, 5) is 42.2. The van der Waals surface area contributed by atoms with Gasteiger partial charge in [0.2, 0.25) is 5.91 Å². The van der Waals surface area contributed by atoms with Gasteiger partial charge in [-0.1, -0.05) is 54.6 Å². The molecule has 4 aromatic carbocycles. The van der Waals surface area contributed by atoms with Crippen LogP contribution in [0.25, 0.3) is 0 Å². The maximum atomic E-state index is 14.3. The smallest absolute Gasteiger partial charge is 0.416 e. The van der Waals surface area contributed by atoms with Crippen LogP contribution in [0.15, 0.2) is 97.1 Å². The Labute approximate surface area is 305 Å². The SMILES string of the molecule is O=C(C[C@@H]1CC[C@H]2[C@H](COc3ccc(NC(=O)c4ccc(C(F)(F)F)cc4)cc3C(=O)N2CCOCc2ccccc2)O1)NC1Cc2ccccc2C1. The Morgan fingerprint density at radius 2 is 1.60 bits per heavy atom. The number of fused-ring (bicyclic) bond motifs is 3. The summed E-state index contributed by atoms with van der Waals surface area (Å²) in [6, 6.07) is 26.1. The van der Waals surface area contributed by atoms with Crippen LogP contribution in [-0.2, 0) is 39.9 Å². The molecule has 2 aliphatic heterocycles. The molecule has 3 aliphatic rings. The molecule has 0 aromatic heterocycles. The topological polar surface area (TPSA) is 106 Å². The van der Waals surface area contributed by atoms with Gasteiger partial charge < -0.3 is 29.7 Å². The Bertz CT molecular complexity index is 1910. The van der Waals surface area contributed by atoms with Crippen molar-refractivity contribution < 1.29 is 41.8 Å². The fourth-order valence-corrected chi connectivity index (χ4v) is 7.35. The van der Waals surface area contributed by atoms with Crippen LogP contribution in [0.3, 0.4) is 0 Å². The lowest BCUT2D eigenvalue weighted by Gasteiger charge is -2.43. The number of nitrogens with one attached hydrogen (secondary N) is 2. The number of ether oxygens (including phenoxy) is 3. The molecule has 0 unspecified atom stereocenters. The van der Waals surface area contributed by atoms with Gasteiger partial charge in [0, 0.05) is 23.8 Å². The minimum atomic E-state index is -4.52. The Kier molecular flexibility index (Phi) is 10.8. The van der Waals surface area contributed by atoms with Gasteiger partial charge in [0.25, 0.3) is 11.8 Å². The highest BCUT2D eigenvalue weighted by Gasteiger charge is 2.41. The summed E-state index contributed by atoms with van der Waals surface area (Å²) in [5.41, 5.74) is 3.18. The van der Waals surface area contributed by atoms with E-state index in [1.165, 1.54) is 17.2 Å². The lowest BCUT2D eigenvalue weighted by Crippen LogP contribution is -2.56. The average Bonchev–Trinajstić information content (AvgIpc) is 3.56. The van der Waals surface area contributed by atoms with Crippen LogP contribution in [0.1, 0.15) is 62.2 Å². The number of halogens is 3. The third kappa shape index (κ3) is 8.72. The molecule has 276 valence electrons. The first-order valence-corrected chi connectivity index (χ1v) is 17.8. The van der Waals surface area contributed by atoms with Crippen molar-refractivity contribution in [2.75, 3.05) is 25.1 Å². The van der Waals surface area contributed by atoms with Gasteiger partial charge in [-0.2, -0.15) is 13.2 Å². The van der Waals surface area contributed by atoms with E-state index >= 15 is 0 Å². The molecule has 2 N–H and O–H groups in total. The molecular formula is C41H40F3N3O6. The Morgan fingerprint density at radius 1 is 0.887 bits per heavy atom. The minimum absolute atomic E-state index is 0.0308. The largest absolute Gasteiger partial charge is 0.490 e. The first-order chi connectivity index (χ1) is 25.6. The highest BCUT2D eigenvalue weighted by atomic mass is 19.4. The average molecular weight is 728 g/mol. The molecule has 1 saturated heterocycles. The highest BCUT2D eigenvalue weighted by Crippen LogP contribution is 2.34. The first kappa shape index (κ1) is 36.2. The maximum absolute atomic E-state index is 14.3. The van der Waals surface area contributed by atoms with E-state index in [1.807, 2.05) is 42.5 Å². The summed E-state index contributed by atoms with van der Waals surface area (Å²) in [7, 11) is 0. The third-order valence-corrected chi connectivity index (χ3v) is 10.0. The van der Waals surface area contributed by atoms with Crippen molar-refractivity contribution in [3.05, 3.63) is 130 Å². The molecule has 12 heteroatoms. The molecule has 1 fully saturated rings. The summed E-state index contributed by atoms with van der Waals surface area (Å²) < 4.78 is 57.7. The molecule has 53 heavy (non-hydrogen) atoms. The molecule has 9 nitrogen and oxygen atoms in total. The van der Waals surface area contributed by atoms with Crippen molar-refractivity contribution in [1.82, 2.24) is 10.2 Å². The fraction of sp³-hybridized carbons (Fsp3) is 0.341. The zero-order valence-electron chi connectivity index (χ0n) is 28.9. The summed E-state index contributed by atoms with van der Waals surface area (Å²) in [6.45, 7) is 1.00. The molecule has 1 aliphatic carbocycles. The molecule has 0 radical (unpaired) electrons. The molecule has 0 bridgehead atoms. The second-order valence-corrected chi connectivity index (χ2v) is 13.7. The molecule has 3 amide bonds. The molecule has 0 spiro atoms. The summed E-state index contributed by atoms with van der Waals surface area (Å²) in [5, 5.41) is 5.86. The van der Waals surface area contributed by atoms with E-state index in [0.29, 0.717) is 25.2 Å². The first-order valence-electron chi connectivity index (χ1n) is 17.8. The van der Waals surface area contributed by atoms with E-state index in [2.05, 4.69) is 22.8 Å². The number of anilines is 1. The van der Waals surface area contributed by atoms with Crippen LogP contribution < -0.4 is 15.4 Å². The molecule has 4 aromatic rings.